The maximum absolute atomic E-state index is 13.9. The van der Waals surface area contributed by atoms with E-state index in [1.807, 2.05) is 48.5 Å². The van der Waals surface area contributed by atoms with Crippen LogP contribution >= 0.6 is 0 Å². The third kappa shape index (κ3) is 5.01. The van der Waals surface area contributed by atoms with Crippen LogP contribution in [0.1, 0.15) is 29.6 Å². The number of nitrogens with zero attached hydrogens (tertiary/aromatic N) is 2. The fourth-order valence-electron chi connectivity index (χ4n) is 3.21. The van der Waals surface area contributed by atoms with Gasteiger partial charge in [0.25, 0.3) is 0 Å². The molecular formula is C24H19F2N3O2. The van der Waals surface area contributed by atoms with Gasteiger partial charge < -0.3 is 9.73 Å². The summed E-state index contributed by atoms with van der Waals surface area (Å²) >= 11 is 0. The van der Waals surface area contributed by atoms with Gasteiger partial charge in [-0.1, -0.05) is 36.4 Å². The average Bonchev–Trinajstić information content (AvgIpc) is 3.26. The minimum Gasteiger partial charge on any atom is -0.441 e. The van der Waals surface area contributed by atoms with Crippen molar-refractivity contribution in [2.24, 2.45) is 0 Å². The Morgan fingerprint density at radius 1 is 1.00 bits per heavy atom. The lowest BCUT2D eigenvalue weighted by Gasteiger charge is -2.18. The lowest BCUT2D eigenvalue weighted by atomic mass is 10.0. The molecular weight excluding hydrogens is 400 g/mol. The van der Waals surface area contributed by atoms with Crippen LogP contribution in [0.3, 0.4) is 0 Å². The van der Waals surface area contributed by atoms with Crippen LogP contribution in [0.25, 0.3) is 11.3 Å². The number of carbonyl (C=O) groups excluding carboxylic acids is 1. The maximum Gasteiger partial charge on any atom is 0.221 e. The summed E-state index contributed by atoms with van der Waals surface area (Å²) in [6.07, 6.45) is 3.41. The van der Waals surface area contributed by atoms with Crippen molar-refractivity contribution in [3.8, 4) is 11.3 Å². The van der Waals surface area contributed by atoms with E-state index < -0.39 is 11.6 Å². The van der Waals surface area contributed by atoms with Gasteiger partial charge in [-0.3, -0.25) is 9.78 Å². The molecule has 0 aliphatic heterocycles. The van der Waals surface area contributed by atoms with Gasteiger partial charge in [-0.25, -0.2) is 13.8 Å². The van der Waals surface area contributed by atoms with E-state index in [9.17, 15) is 13.6 Å². The molecule has 0 aliphatic carbocycles. The van der Waals surface area contributed by atoms with E-state index in [1.54, 1.807) is 6.20 Å². The second kappa shape index (κ2) is 9.30. The largest absolute Gasteiger partial charge is 0.441 e. The van der Waals surface area contributed by atoms with Crippen molar-refractivity contribution in [1.29, 1.82) is 0 Å². The number of carbonyl (C=O) groups is 1. The molecule has 2 aromatic heterocycles. The molecule has 2 heterocycles. The lowest BCUT2D eigenvalue weighted by molar-refractivity contribution is -0.121. The first-order valence-electron chi connectivity index (χ1n) is 9.75. The molecule has 0 radical (unpaired) electrons. The van der Waals surface area contributed by atoms with Gasteiger partial charge in [0, 0.05) is 25.1 Å². The highest BCUT2D eigenvalue weighted by Gasteiger charge is 2.19. The average molecular weight is 419 g/mol. The molecule has 7 heteroatoms. The molecule has 1 unspecified atom stereocenters. The quantitative estimate of drug-likeness (QED) is 0.465. The van der Waals surface area contributed by atoms with Crippen LogP contribution in [0.15, 0.2) is 83.5 Å². The molecule has 1 N–H and O–H groups in total. The number of aryl methyl sites for hydroxylation is 1. The number of pyridine rings is 1. The number of halogens is 2. The van der Waals surface area contributed by atoms with Crippen molar-refractivity contribution in [1.82, 2.24) is 15.3 Å². The molecule has 1 amide bonds. The third-order valence-corrected chi connectivity index (χ3v) is 4.74. The Labute approximate surface area is 177 Å². The number of rotatable bonds is 7. The van der Waals surface area contributed by atoms with Gasteiger partial charge in [0.2, 0.25) is 5.91 Å². The highest BCUT2D eigenvalue weighted by molar-refractivity contribution is 5.77. The normalized spacial score (nSPS) is 11.8. The molecule has 0 aliphatic rings. The van der Waals surface area contributed by atoms with Gasteiger partial charge >= 0.3 is 0 Å². The van der Waals surface area contributed by atoms with Crippen LogP contribution in [0.4, 0.5) is 8.78 Å². The first kappa shape index (κ1) is 20.4. The number of aromatic nitrogens is 2. The number of amides is 1. The molecule has 0 fully saturated rings. The highest BCUT2D eigenvalue weighted by Crippen LogP contribution is 2.25. The second-order valence-electron chi connectivity index (χ2n) is 6.91. The summed E-state index contributed by atoms with van der Waals surface area (Å²) in [6.45, 7) is 0. The SMILES string of the molecule is O=C(CCc1ncc(-c2ccc(F)cc2F)o1)NC(c1ccccc1)c1ccccn1. The highest BCUT2D eigenvalue weighted by atomic mass is 19.1. The van der Waals surface area contributed by atoms with Crippen LogP contribution in [-0.4, -0.2) is 15.9 Å². The lowest BCUT2D eigenvalue weighted by Crippen LogP contribution is -2.30. The van der Waals surface area contributed by atoms with E-state index in [4.69, 9.17) is 4.42 Å². The Bertz CT molecular complexity index is 1120. The van der Waals surface area contributed by atoms with E-state index in [0.29, 0.717) is 5.89 Å². The predicted octanol–water partition coefficient (Wildman–Crippen LogP) is 4.85. The summed E-state index contributed by atoms with van der Waals surface area (Å²) in [5.74, 6) is -1.13. The molecule has 1 atom stereocenters. The number of nitrogens with one attached hydrogen (secondary N) is 1. The molecule has 31 heavy (non-hydrogen) atoms. The van der Waals surface area contributed by atoms with Crippen LogP contribution in [0.2, 0.25) is 0 Å². The van der Waals surface area contributed by atoms with Crippen LogP contribution in [-0.2, 0) is 11.2 Å². The predicted molar refractivity (Wildman–Crippen MR) is 111 cm³/mol. The molecule has 2 aromatic carbocycles. The molecule has 156 valence electrons. The molecule has 0 saturated carbocycles. The Morgan fingerprint density at radius 3 is 2.55 bits per heavy atom. The zero-order valence-electron chi connectivity index (χ0n) is 16.5. The maximum atomic E-state index is 13.9. The number of benzene rings is 2. The second-order valence-corrected chi connectivity index (χ2v) is 6.91. The van der Waals surface area contributed by atoms with Gasteiger partial charge in [-0.15, -0.1) is 0 Å². The van der Waals surface area contributed by atoms with Crippen molar-refractivity contribution in [2.75, 3.05) is 0 Å². The molecule has 4 rings (SSSR count). The van der Waals surface area contributed by atoms with Crippen molar-refractivity contribution < 1.29 is 18.0 Å². The number of hydrogen-bond acceptors (Lipinski definition) is 4. The Hall–Kier alpha value is -3.87. The first-order valence-corrected chi connectivity index (χ1v) is 9.75. The summed E-state index contributed by atoms with van der Waals surface area (Å²) in [5, 5.41) is 3.00. The Morgan fingerprint density at radius 2 is 1.81 bits per heavy atom. The summed E-state index contributed by atoms with van der Waals surface area (Å²) < 4.78 is 32.6. The van der Waals surface area contributed by atoms with Gasteiger partial charge in [-0.2, -0.15) is 0 Å². The van der Waals surface area contributed by atoms with Gasteiger partial charge in [0.15, 0.2) is 11.7 Å². The molecule has 0 saturated heterocycles. The first-order chi connectivity index (χ1) is 15.1. The van der Waals surface area contributed by atoms with Gasteiger partial charge in [0.05, 0.1) is 23.5 Å². The topological polar surface area (TPSA) is 68.0 Å². The molecule has 0 bridgehead atoms. The van der Waals surface area contributed by atoms with Crippen molar-refractivity contribution in [3.63, 3.8) is 0 Å². The summed E-state index contributed by atoms with van der Waals surface area (Å²) in [7, 11) is 0. The Balaban J connectivity index is 1.43. The fourth-order valence-corrected chi connectivity index (χ4v) is 3.21. The van der Waals surface area contributed by atoms with Gasteiger partial charge in [0.1, 0.15) is 11.6 Å². The standard InChI is InChI=1S/C24H19F2N3O2/c25-17-9-10-18(19(26)14-17)21-15-28-23(31-21)12-11-22(30)29-24(16-6-2-1-3-7-16)20-8-4-5-13-27-20/h1-10,13-15,24H,11-12H2,(H,29,30). The Kier molecular flexibility index (Phi) is 6.12. The summed E-state index contributed by atoms with van der Waals surface area (Å²) in [4.78, 5) is 21.1. The van der Waals surface area contributed by atoms with Crippen molar-refractivity contribution >= 4 is 5.91 Å². The van der Waals surface area contributed by atoms with E-state index in [0.717, 1.165) is 23.4 Å². The van der Waals surface area contributed by atoms with Crippen LogP contribution in [0, 0.1) is 11.6 Å². The van der Waals surface area contributed by atoms with Gasteiger partial charge in [-0.05, 0) is 29.8 Å². The molecule has 0 spiro atoms. The molecule has 5 nitrogen and oxygen atoms in total. The van der Waals surface area contributed by atoms with Crippen molar-refractivity contribution in [3.05, 3.63) is 108 Å². The number of hydrogen-bond donors (Lipinski definition) is 1. The van der Waals surface area contributed by atoms with Crippen LogP contribution in [0.5, 0.6) is 0 Å². The summed E-state index contributed by atoms with van der Waals surface area (Å²) in [6, 6.07) is 17.9. The fraction of sp³-hybridized carbons (Fsp3) is 0.125. The monoisotopic (exact) mass is 419 g/mol. The minimum absolute atomic E-state index is 0.115. The van der Waals surface area contributed by atoms with E-state index in [-0.39, 0.29) is 36.1 Å². The summed E-state index contributed by atoms with van der Waals surface area (Å²) in [5.41, 5.74) is 1.76. The number of oxazole rings is 1. The van der Waals surface area contributed by atoms with Crippen molar-refractivity contribution in [2.45, 2.75) is 18.9 Å². The molecule has 4 aromatic rings. The minimum atomic E-state index is -0.735. The van der Waals surface area contributed by atoms with Crippen LogP contribution < -0.4 is 5.32 Å². The zero-order chi connectivity index (χ0) is 21.6. The zero-order valence-corrected chi connectivity index (χ0v) is 16.5. The van der Waals surface area contributed by atoms with E-state index in [1.165, 1.54) is 12.3 Å². The third-order valence-electron chi connectivity index (χ3n) is 4.74. The van der Waals surface area contributed by atoms with E-state index in [2.05, 4.69) is 15.3 Å². The smallest absolute Gasteiger partial charge is 0.221 e. The van der Waals surface area contributed by atoms with E-state index >= 15 is 0 Å².